The number of halogens is 1. The van der Waals surface area contributed by atoms with Crippen LogP contribution in [0, 0.1) is 0 Å². The van der Waals surface area contributed by atoms with Crippen LogP contribution in [0.5, 0.6) is 5.75 Å². The van der Waals surface area contributed by atoms with E-state index in [1.54, 1.807) is 52.6 Å². The maximum absolute atomic E-state index is 13.0. The first kappa shape index (κ1) is 17.8. The molecule has 0 bridgehead atoms. The van der Waals surface area contributed by atoms with Crippen molar-refractivity contribution in [1.29, 1.82) is 0 Å². The zero-order chi connectivity index (χ0) is 19.1. The molecule has 3 heterocycles. The lowest BCUT2D eigenvalue weighted by Gasteiger charge is -2.18. The average molecular weight is 431 g/mol. The molecule has 4 rings (SSSR count). The number of methoxy groups -OCH3 is 1. The van der Waals surface area contributed by atoms with E-state index >= 15 is 0 Å². The molecule has 0 radical (unpaired) electrons. The second kappa shape index (κ2) is 6.84. The monoisotopic (exact) mass is 430 g/mol. The van der Waals surface area contributed by atoms with Gasteiger partial charge in [-0.2, -0.15) is 0 Å². The Bertz CT molecular complexity index is 1090. The van der Waals surface area contributed by atoms with Gasteiger partial charge in [0.05, 0.1) is 24.2 Å². The van der Waals surface area contributed by atoms with Crippen molar-refractivity contribution in [2.45, 2.75) is 12.5 Å². The molecule has 3 aromatic rings. The number of fused-ring (bicyclic) bond motifs is 1. The summed E-state index contributed by atoms with van der Waals surface area (Å²) in [5, 5.41) is 0. The molecule has 27 heavy (non-hydrogen) atoms. The van der Waals surface area contributed by atoms with E-state index in [-0.39, 0.29) is 17.6 Å². The Kier molecular flexibility index (Phi) is 4.51. The summed E-state index contributed by atoms with van der Waals surface area (Å²) in [5.74, 6) is 0.552. The van der Waals surface area contributed by atoms with E-state index in [9.17, 15) is 9.59 Å². The van der Waals surface area contributed by atoms with Crippen LogP contribution in [0.25, 0.3) is 11.2 Å². The summed E-state index contributed by atoms with van der Waals surface area (Å²) in [6.45, 7) is 1.06. The van der Waals surface area contributed by atoms with Gasteiger partial charge in [0, 0.05) is 30.8 Å². The van der Waals surface area contributed by atoms with Crippen LogP contribution >= 0.6 is 15.9 Å². The predicted molar refractivity (Wildman–Crippen MR) is 105 cm³/mol. The van der Waals surface area contributed by atoms with Gasteiger partial charge in [-0.15, -0.1) is 0 Å². The number of hydrogen-bond donors (Lipinski definition) is 0. The highest BCUT2D eigenvalue weighted by Crippen LogP contribution is 2.28. The van der Waals surface area contributed by atoms with Crippen molar-refractivity contribution >= 4 is 33.0 Å². The van der Waals surface area contributed by atoms with Gasteiger partial charge < -0.3 is 9.64 Å². The largest absolute Gasteiger partial charge is 0.497 e. The minimum atomic E-state index is -0.106. The molecule has 1 aliphatic heterocycles. The average Bonchev–Trinajstić information content (AvgIpc) is 3.26. The highest BCUT2D eigenvalue weighted by atomic mass is 79.9. The van der Waals surface area contributed by atoms with E-state index in [2.05, 4.69) is 20.9 Å². The molecule has 0 saturated carbocycles. The predicted octanol–water partition coefficient (Wildman–Crippen LogP) is 2.59. The number of pyridine rings is 1. The Morgan fingerprint density at radius 1 is 1.33 bits per heavy atom. The highest BCUT2D eigenvalue weighted by Gasteiger charge is 2.31. The molecule has 2 aromatic heterocycles. The first-order chi connectivity index (χ1) is 13.0. The first-order valence-electron chi connectivity index (χ1n) is 8.66. The van der Waals surface area contributed by atoms with E-state index in [1.807, 2.05) is 12.1 Å². The summed E-state index contributed by atoms with van der Waals surface area (Å²) in [7, 11) is 3.32. The number of carbonyl (C=O) groups excluding carboxylic acids is 1. The van der Waals surface area contributed by atoms with Gasteiger partial charge >= 0.3 is 5.69 Å². The van der Waals surface area contributed by atoms with Gasteiger partial charge in [-0.05, 0) is 52.7 Å². The quantitative estimate of drug-likeness (QED) is 0.640. The molecule has 0 unspecified atom stereocenters. The molecule has 1 saturated heterocycles. The molecule has 7 nitrogen and oxygen atoms in total. The second-order valence-corrected chi connectivity index (χ2v) is 7.45. The van der Waals surface area contributed by atoms with Gasteiger partial charge in [0.2, 0.25) is 0 Å². The van der Waals surface area contributed by atoms with Crippen molar-refractivity contribution in [3.8, 4) is 5.75 Å². The van der Waals surface area contributed by atoms with Crippen molar-refractivity contribution in [3.05, 3.63) is 57.0 Å². The van der Waals surface area contributed by atoms with E-state index < -0.39 is 0 Å². The molecule has 0 spiro atoms. The summed E-state index contributed by atoms with van der Waals surface area (Å²) in [5.41, 5.74) is 1.90. The van der Waals surface area contributed by atoms with Crippen LogP contribution in [0.15, 0.2) is 45.8 Å². The highest BCUT2D eigenvalue weighted by molar-refractivity contribution is 9.10. The number of amides is 1. The minimum absolute atomic E-state index is 0.0791. The van der Waals surface area contributed by atoms with Gasteiger partial charge in [0.1, 0.15) is 5.75 Å². The van der Waals surface area contributed by atoms with Crippen LogP contribution in [0.4, 0.5) is 0 Å². The van der Waals surface area contributed by atoms with Crippen LogP contribution in [0.2, 0.25) is 0 Å². The Labute approximate surface area is 164 Å². The maximum atomic E-state index is 13.0. The summed E-state index contributed by atoms with van der Waals surface area (Å²) in [6.07, 6.45) is 2.40. The molecule has 140 valence electrons. The molecule has 1 fully saturated rings. The maximum Gasteiger partial charge on any atom is 0.330 e. The van der Waals surface area contributed by atoms with Gasteiger partial charge in [0.15, 0.2) is 5.65 Å². The molecule has 1 aromatic carbocycles. The summed E-state index contributed by atoms with van der Waals surface area (Å²) < 4.78 is 9.27. The number of rotatable bonds is 3. The van der Waals surface area contributed by atoms with Gasteiger partial charge in [-0.1, -0.05) is 0 Å². The minimum Gasteiger partial charge on any atom is -0.497 e. The van der Waals surface area contributed by atoms with Crippen molar-refractivity contribution in [1.82, 2.24) is 19.0 Å². The number of likely N-dealkylation sites (tertiary alicyclic amines) is 1. The van der Waals surface area contributed by atoms with Crippen LogP contribution in [-0.4, -0.2) is 45.1 Å². The Morgan fingerprint density at radius 3 is 2.93 bits per heavy atom. The van der Waals surface area contributed by atoms with Gasteiger partial charge in [-0.3, -0.25) is 13.9 Å². The molecule has 8 heteroatoms. The molecule has 0 aliphatic carbocycles. The number of nitrogens with zero attached hydrogens (tertiary/aromatic N) is 4. The SMILES string of the molecule is COc1ccc(Br)c(C(=O)N2CC[C@@H](n3c(=O)n(C)c4cccnc43)C2)c1. The number of aromatic nitrogens is 3. The molecular formula is C19H19BrN4O3. The van der Waals surface area contributed by atoms with Crippen LogP contribution < -0.4 is 10.4 Å². The molecule has 1 atom stereocenters. The standard InChI is InChI=1S/C19H19BrN4O3/c1-22-16-4-3-8-21-17(16)24(19(22)26)12-7-9-23(11-12)18(25)14-10-13(27-2)5-6-15(14)20/h3-6,8,10,12H,7,9,11H2,1-2H3/t12-/m1/s1. The topological polar surface area (TPSA) is 69.4 Å². The fraction of sp³-hybridized carbons (Fsp3) is 0.316. The summed E-state index contributed by atoms with van der Waals surface area (Å²) in [6, 6.07) is 8.94. The Hall–Kier alpha value is -2.61. The number of benzene rings is 1. The van der Waals surface area contributed by atoms with E-state index in [1.165, 1.54) is 0 Å². The first-order valence-corrected chi connectivity index (χ1v) is 9.45. The molecule has 1 aliphatic rings. The van der Waals surface area contributed by atoms with E-state index in [0.717, 1.165) is 9.99 Å². The third kappa shape index (κ3) is 2.93. The van der Waals surface area contributed by atoms with Crippen molar-refractivity contribution in [2.75, 3.05) is 20.2 Å². The van der Waals surface area contributed by atoms with Gasteiger partial charge in [0.25, 0.3) is 5.91 Å². The Morgan fingerprint density at radius 2 is 2.15 bits per heavy atom. The fourth-order valence-corrected chi connectivity index (χ4v) is 4.04. The normalized spacial score (nSPS) is 16.9. The molecule has 1 amide bonds. The molecule has 0 N–H and O–H groups in total. The van der Waals surface area contributed by atoms with Crippen LogP contribution in [0.1, 0.15) is 22.8 Å². The van der Waals surface area contributed by atoms with Crippen LogP contribution in [-0.2, 0) is 7.05 Å². The zero-order valence-corrected chi connectivity index (χ0v) is 16.6. The molecular weight excluding hydrogens is 412 g/mol. The number of hydrogen-bond acceptors (Lipinski definition) is 4. The van der Waals surface area contributed by atoms with Crippen molar-refractivity contribution in [3.63, 3.8) is 0 Å². The third-order valence-electron chi connectivity index (χ3n) is 5.07. The summed E-state index contributed by atoms with van der Waals surface area (Å²) in [4.78, 5) is 31.9. The zero-order valence-electron chi connectivity index (χ0n) is 15.1. The second-order valence-electron chi connectivity index (χ2n) is 6.60. The fourth-order valence-electron chi connectivity index (χ4n) is 3.62. The van der Waals surface area contributed by atoms with E-state index in [0.29, 0.717) is 36.5 Å². The number of carbonyl (C=O) groups is 1. The summed E-state index contributed by atoms with van der Waals surface area (Å²) >= 11 is 3.44. The van der Waals surface area contributed by atoms with Crippen molar-refractivity contribution in [2.24, 2.45) is 7.05 Å². The lowest BCUT2D eigenvalue weighted by Crippen LogP contribution is -2.32. The van der Waals surface area contributed by atoms with Crippen LogP contribution in [0.3, 0.4) is 0 Å². The lowest BCUT2D eigenvalue weighted by atomic mass is 10.2. The van der Waals surface area contributed by atoms with Crippen molar-refractivity contribution < 1.29 is 9.53 Å². The van der Waals surface area contributed by atoms with E-state index in [4.69, 9.17) is 4.74 Å². The number of aryl methyl sites for hydroxylation is 1. The smallest absolute Gasteiger partial charge is 0.330 e. The number of imidazole rings is 1. The Balaban J connectivity index is 1.64. The van der Waals surface area contributed by atoms with Gasteiger partial charge in [-0.25, -0.2) is 9.78 Å². The number of ether oxygens (including phenoxy) is 1. The third-order valence-corrected chi connectivity index (χ3v) is 5.76. The lowest BCUT2D eigenvalue weighted by molar-refractivity contribution is 0.0786.